The highest BCUT2D eigenvalue weighted by molar-refractivity contribution is 9.11. The molecule has 0 saturated carbocycles. The van der Waals surface area contributed by atoms with E-state index in [1.54, 1.807) is 22.7 Å². The van der Waals surface area contributed by atoms with Gasteiger partial charge in [0.15, 0.2) is 0 Å². The third kappa shape index (κ3) is 24.0. The first-order valence-electron chi connectivity index (χ1n) is 31.0. The van der Waals surface area contributed by atoms with Crippen molar-refractivity contribution in [1.82, 2.24) is 9.80 Å². The lowest BCUT2D eigenvalue weighted by Crippen LogP contribution is -2.32. The van der Waals surface area contributed by atoms with Crippen molar-refractivity contribution in [2.24, 2.45) is 11.8 Å². The predicted molar refractivity (Wildman–Crippen MR) is 325 cm³/mol. The quantitative estimate of drug-likeness (QED) is 0.0620. The molecule has 8 heteroatoms. The summed E-state index contributed by atoms with van der Waals surface area (Å²) in [5.41, 5.74) is 3.02. The second kappa shape index (κ2) is 40.1. The van der Waals surface area contributed by atoms with Gasteiger partial charge in [0, 0.05) is 13.1 Å². The van der Waals surface area contributed by atoms with E-state index in [2.05, 4.69) is 93.6 Å². The Hall–Kier alpha value is -1.22. The number of nitrogens with zero attached hydrogens (tertiary/aromatic N) is 2. The molecule has 4 heterocycles. The third-order valence-electron chi connectivity index (χ3n) is 16.2. The summed E-state index contributed by atoms with van der Waals surface area (Å²) < 4.78 is 2.06. The highest BCUT2D eigenvalue weighted by Crippen LogP contribution is 2.50. The van der Waals surface area contributed by atoms with Crippen LogP contribution < -0.4 is 0 Å². The first-order valence-corrected chi connectivity index (χ1v) is 34.2. The van der Waals surface area contributed by atoms with Gasteiger partial charge in [-0.2, -0.15) is 0 Å². The molecule has 0 N–H and O–H groups in total. The Morgan fingerprint density at radius 3 is 0.806 bits per heavy atom. The first-order chi connectivity index (χ1) is 35.3. The summed E-state index contributed by atoms with van der Waals surface area (Å²) in [5, 5.41) is 0. The number of carbonyl (C=O) groups excluding carboxylic acids is 2. The fourth-order valence-electron chi connectivity index (χ4n) is 11.7. The summed E-state index contributed by atoms with van der Waals surface area (Å²) >= 11 is 10.8. The number of thiophene rings is 2. The van der Waals surface area contributed by atoms with Crippen molar-refractivity contribution in [1.29, 1.82) is 0 Å². The third-order valence-corrected chi connectivity index (χ3v) is 19.4. The molecule has 2 aliphatic rings. The van der Waals surface area contributed by atoms with Crippen molar-refractivity contribution in [2.45, 2.75) is 297 Å². The van der Waals surface area contributed by atoms with Crippen molar-refractivity contribution in [3.63, 3.8) is 0 Å². The molecule has 2 aromatic heterocycles. The Labute approximate surface area is 468 Å². The van der Waals surface area contributed by atoms with E-state index in [4.69, 9.17) is 0 Å². The molecule has 72 heavy (non-hydrogen) atoms. The number of hydrogen-bond acceptors (Lipinski definition) is 4. The molecule has 410 valence electrons. The van der Waals surface area contributed by atoms with E-state index in [1.165, 1.54) is 257 Å². The van der Waals surface area contributed by atoms with E-state index in [1.807, 2.05) is 0 Å². The molecule has 4 rings (SSSR count). The number of unbranched alkanes of at least 4 members (excludes halogenated alkanes) is 32. The largest absolute Gasteiger partial charge is 0.306 e. The molecule has 0 aromatic carbocycles. The van der Waals surface area contributed by atoms with Crippen LogP contribution in [0, 0.1) is 11.8 Å². The van der Waals surface area contributed by atoms with Gasteiger partial charge in [0.1, 0.15) is 0 Å². The average molecular weight is 1160 g/mol. The van der Waals surface area contributed by atoms with Crippen LogP contribution in [0.25, 0.3) is 11.4 Å². The minimum Gasteiger partial charge on any atom is -0.306 e. The maximum Gasteiger partial charge on any atom is 0.261 e. The second-order valence-corrected chi connectivity index (χ2v) is 27.3. The van der Waals surface area contributed by atoms with Crippen LogP contribution in [0.5, 0.6) is 0 Å². The van der Waals surface area contributed by atoms with Gasteiger partial charge in [0.05, 0.1) is 39.9 Å². The van der Waals surface area contributed by atoms with Gasteiger partial charge < -0.3 is 9.80 Å². The number of hydrogen-bond donors (Lipinski definition) is 0. The summed E-state index contributed by atoms with van der Waals surface area (Å²) in [4.78, 5) is 36.7. The SMILES string of the molecule is CCCCCCCCCCCCC(CCCCCCCCCC)CCN1C(=O)C2=C(c3ccc(Br)s3)N(CCC(CCCCCCCCCC)CCCCCCCCCCCC)C(=O)C2=C1c1ccc(Br)s1. The Balaban J connectivity index is 1.50. The van der Waals surface area contributed by atoms with Crippen LogP contribution in [0.4, 0.5) is 0 Å². The van der Waals surface area contributed by atoms with Crippen LogP contribution in [0.2, 0.25) is 0 Å². The molecular formula is C64H106Br2N2O2S2. The molecule has 0 saturated heterocycles. The van der Waals surface area contributed by atoms with Gasteiger partial charge in [-0.05, 0) is 80.8 Å². The summed E-state index contributed by atoms with van der Waals surface area (Å²) in [6, 6.07) is 8.44. The van der Waals surface area contributed by atoms with Crippen LogP contribution in [0.1, 0.15) is 307 Å². The van der Waals surface area contributed by atoms with Gasteiger partial charge in [-0.25, -0.2) is 0 Å². The van der Waals surface area contributed by atoms with E-state index in [9.17, 15) is 0 Å². The van der Waals surface area contributed by atoms with Gasteiger partial charge >= 0.3 is 0 Å². The normalized spacial score (nSPS) is 14.8. The number of carbonyl (C=O) groups is 2. The van der Waals surface area contributed by atoms with Crippen LogP contribution in [-0.4, -0.2) is 34.7 Å². The van der Waals surface area contributed by atoms with Gasteiger partial charge in [0.25, 0.3) is 11.8 Å². The molecule has 2 amide bonds. The fourth-order valence-corrected chi connectivity index (χ4v) is 14.6. The first kappa shape index (κ1) is 63.3. The smallest absolute Gasteiger partial charge is 0.261 e. The van der Waals surface area contributed by atoms with E-state index < -0.39 is 0 Å². The molecule has 0 radical (unpaired) electrons. The Morgan fingerprint density at radius 2 is 0.583 bits per heavy atom. The predicted octanol–water partition coefficient (Wildman–Crippen LogP) is 22.8. The maximum absolute atomic E-state index is 15.3. The van der Waals surface area contributed by atoms with Crippen molar-refractivity contribution >= 4 is 77.7 Å². The summed E-state index contributed by atoms with van der Waals surface area (Å²) in [6.07, 6.45) is 55.6. The highest BCUT2D eigenvalue weighted by Gasteiger charge is 2.49. The van der Waals surface area contributed by atoms with Crippen molar-refractivity contribution in [3.05, 3.63) is 52.7 Å². The average Bonchev–Trinajstić information content (AvgIpc) is 4.15. The fraction of sp³-hybridized carbons (Fsp3) is 0.781. The molecule has 4 nitrogen and oxygen atoms in total. The van der Waals surface area contributed by atoms with Crippen LogP contribution in [0.3, 0.4) is 0 Å². The van der Waals surface area contributed by atoms with Gasteiger partial charge in [-0.3, -0.25) is 9.59 Å². The van der Waals surface area contributed by atoms with Crippen LogP contribution >= 0.6 is 54.5 Å². The Kier molecular flexibility index (Phi) is 35.2. The molecule has 2 aliphatic heterocycles. The van der Waals surface area contributed by atoms with Crippen LogP contribution in [0.15, 0.2) is 43.0 Å². The number of fused-ring (bicyclic) bond motifs is 1. The number of halogens is 2. The summed E-state index contributed by atoms with van der Waals surface area (Å²) in [5.74, 6) is 1.25. The highest BCUT2D eigenvalue weighted by atomic mass is 79.9. The summed E-state index contributed by atoms with van der Waals surface area (Å²) in [7, 11) is 0. The molecule has 2 atom stereocenters. The number of amides is 2. The van der Waals surface area contributed by atoms with E-state index >= 15 is 9.59 Å². The molecule has 0 bridgehead atoms. The Bertz CT molecular complexity index is 1670. The zero-order valence-electron chi connectivity index (χ0n) is 46.9. The lowest BCUT2D eigenvalue weighted by Gasteiger charge is -2.27. The van der Waals surface area contributed by atoms with E-state index in [-0.39, 0.29) is 11.8 Å². The zero-order valence-corrected chi connectivity index (χ0v) is 51.7. The van der Waals surface area contributed by atoms with E-state index in [0.717, 1.165) is 41.6 Å². The molecule has 2 aromatic rings. The van der Waals surface area contributed by atoms with E-state index in [0.29, 0.717) is 36.1 Å². The van der Waals surface area contributed by atoms with Crippen molar-refractivity contribution in [3.8, 4) is 0 Å². The van der Waals surface area contributed by atoms with Gasteiger partial charge in [0.2, 0.25) is 0 Å². The monoisotopic (exact) mass is 1160 g/mol. The standard InChI is InChI=1S/C64H106Br2N2O2S2/c1-5-9-13-17-21-25-27-31-35-39-43-53(41-37-33-29-23-19-15-11-7-3)49-51-67-61(55-45-47-57(65)71-55)59-60(63(67)69)62(56-46-48-58(66)72-56)68(64(59)70)52-50-54(42-38-34-30-24-20-16-12-8-4)44-40-36-32-28-26-22-18-14-10-6-2/h45-48,53-54H,5-44,49-52H2,1-4H3. The van der Waals surface area contributed by atoms with Gasteiger partial charge in [-0.15, -0.1) is 22.7 Å². The second-order valence-electron chi connectivity index (χ2n) is 22.3. The Morgan fingerprint density at radius 1 is 0.347 bits per heavy atom. The lowest BCUT2D eigenvalue weighted by atomic mass is 9.91. The molecule has 0 spiro atoms. The zero-order chi connectivity index (χ0) is 51.4. The maximum atomic E-state index is 15.3. The number of rotatable bonds is 48. The van der Waals surface area contributed by atoms with Crippen molar-refractivity contribution < 1.29 is 9.59 Å². The van der Waals surface area contributed by atoms with Crippen molar-refractivity contribution in [2.75, 3.05) is 13.1 Å². The molecule has 2 unspecified atom stereocenters. The topological polar surface area (TPSA) is 40.6 Å². The van der Waals surface area contributed by atoms with Gasteiger partial charge in [-0.1, -0.05) is 285 Å². The molecular weight excluding hydrogens is 1050 g/mol. The minimum absolute atomic E-state index is 0.0329. The molecule has 0 fully saturated rings. The summed E-state index contributed by atoms with van der Waals surface area (Å²) in [6.45, 7) is 10.5. The lowest BCUT2D eigenvalue weighted by molar-refractivity contribution is -0.124. The molecule has 0 aliphatic carbocycles. The van der Waals surface area contributed by atoms with Crippen LogP contribution in [-0.2, 0) is 9.59 Å². The minimum atomic E-state index is 0.0329.